The smallest absolute Gasteiger partial charge is 0.124 e. The molecule has 0 heterocycles. The van der Waals surface area contributed by atoms with E-state index in [1.54, 1.807) is 0 Å². The van der Waals surface area contributed by atoms with Gasteiger partial charge < -0.3 is 5.11 Å². The predicted molar refractivity (Wildman–Crippen MR) is 102 cm³/mol. The molecule has 0 spiro atoms. The Balaban J connectivity index is 1.48. The molecule has 4 aliphatic carbocycles. The molecule has 1 N–H and O–H groups in total. The van der Waals surface area contributed by atoms with Crippen molar-refractivity contribution in [1.82, 2.24) is 0 Å². The molecule has 2 nitrogen and oxygen atoms in total. The maximum Gasteiger partial charge on any atom is 0.124 e. The Labute approximate surface area is 149 Å². The van der Waals surface area contributed by atoms with Gasteiger partial charge in [0.1, 0.15) is 5.75 Å². The first-order chi connectivity index (χ1) is 12.2. The number of aromatic hydroxyl groups is 1. The van der Waals surface area contributed by atoms with Crippen molar-refractivity contribution in [3.05, 3.63) is 59.7 Å². The Morgan fingerprint density at radius 1 is 0.880 bits per heavy atom. The highest BCUT2D eigenvalue weighted by Crippen LogP contribution is 2.60. The van der Waals surface area contributed by atoms with Gasteiger partial charge in [0.25, 0.3) is 0 Å². The van der Waals surface area contributed by atoms with Gasteiger partial charge in [-0.25, -0.2) is 0 Å². The molecule has 2 aromatic rings. The standard InChI is InChI=1S/C23H25NO/c25-22-7-6-20(11-19(22)15-24-21-4-2-1-3-5-21)23-12-16-8-17(13-23)10-18(9-16)14-23/h1-7,11,15-18,25H,8-10,12-14H2. The summed E-state index contributed by atoms with van der Waals surface area (Å²) < 4.78 is 0. The second kappa shape index (κ2) is 5.72. The molecule has 25 heavy (non-hydrogen) atoms. The molecule has 0 aromatic heterocycles. The van der Waals surface area contributed by atoms with Crippen LogP contribution in [-0.2, 0) is 5.41 Å². The molecule has 2 heteroatoms. The fourth-order valence-corrected chi connectivity index (χ4v) is 6.11. The first-order valence-corrected chi connectivity index (χ1v) is 9.63. The van der Waals surface area contributed by atoms with Crippen molar-refractivity contribution in [3.63, 3.8) is 0 Å². The molecule has 0 unspecified atom stereocenters. The van der Waals surface area contributed by atoms with Crippen molar-refractivity contribution in [3.8, 4) is 5.75 Å². The van der Waals surface area contributed by atoms with Gasteiger partial charge in [0.15, 0.2) is 0 Å². The van der Waals surface area contributed by atoms with Crippen molar-refractivity contribution >= 4 is 11.9 Å². The second-order valence-electron chi connectivity index (χ2n) is 8.57. The number of aliphatic imine (C=N–C) groups is 1. The van der Waals surface area contributed by atoms with Gasteiger partial charge in [-0.2, -0.15) is 0 Å². The largest absolute Gasteiger partial charge is 0.507 e. The van der Waals surface area contributed by atoms with Crippen LogP contribution >= 0.6 is 0 Å². The van der Waals surface area contributed by atoms with Gasteiger partial charge >= 0.3 is 0 Å². The summed E-state index contributed by atoms with van der Waals surface area (Å²) in [4.78, 5) is 4.54. The molecule has 6 rings (SSSR count). The van der Waals surface area contributed by atoms with Crippen molar-refractivity contribution in [2.75, 3.05) is 0 Å². The molecule has 2 aromatic carbocycles. The summed E-state index contributed by atoms with van der Waals surface area (Å²) in [6.07, 6.45) is 10.2. The molecule has 4 fully saturated rings. The summed E-state index contributed by atoms with van der Waals surface area (Å²) in [5.74, 6) is 3.12. The van der Waals surface area contributed by atoms with E-state index in [0.29, 0.717) is 11.2 Å². The van der Waals surface area contributed by atoms with Crippen LogP contribution in [0.5, 0.6) is 5.75 Å². The van der Waals surface area contributed by atoms with E-state index in [-0.39, 0.29) is 0 Å². The Morgan fingerprint density at radius 2 is 1.52 bits per heavy atom. The number of hydrogen-bond acceptors (Lipinski definition) is 2. The Morgan fingerprint density at radius 3 is 2.16 bits per heavy atom. The molecular weight excluding hydrogens is 306 g/mol. The molecule has 128 valence electrons. The molecule has 0 saturated heterocycles. The van der Waals surface area contributed by atoms with E-state index in [1.807, 2.05) is 42.6 Å². The van der Waals surface area contributed by atoms with Crippen LogP contribution in [-0.4, -0.2) is 11.3 Å². The lowest BCUT2D eigenvalue weighted by Crippen LogP contribution is -2.48. The number of benzene rings is 2. The topological polar surface area (TPSA) is 32.6 Å². The zero-order chi connectivity index (χ0) is 16.9. The summed E-state index contributed by atoms with van der Waals surface area (Å²) in [7, 11) is 0. The van der Waals surface area contributed by atoms with Crippen molar-refractivity contribution in [2.24, 2.45) is 22.7 Å². The van der Waals surface area contributed by atoms with Crippen LogP contribution in [0, 0.1) is 17.8 Å². The lowest BCUT2D eigenvalue weighted by molar-refractivity contribution is -0.00520. The predicted octanol–water partition coefficient (Wildman–Crippen LogP) is 5.61. The molecule has 4 saturated carbocycles. The third kappa shape index (κ3) is 2.68. The van der Waals surface area contributed by atoms with Gasteiger partial charge in [-0.05, 0) is 91.5 Å². The van der Waals surface area contributed by atoms with Gasteiger partial charge in [0.05, 0.1) is 5.69 Å². The molecule has 4 bridgehead atoms. The summed E-state index contributed by atoms with van der Waals surface area (Å²) in [5, 5.41) is 10.3. The lowest BCUT2D eigenvalue weighted by atomic mass is 9.48. The minimum Gasteiger partial charge on any atom is -0.507 e. The fourth-order valence-electron chi connectivity index (χ4n) is 6.11. The second-order valence-corrected chi connectivity index (χ2v) is 8.57. The van der Waals surface area contributed by atoms with Crippen molar-refractivity contribution in [1.29, 1.82) is 0 Å². The van der Waals surface area contributed by atoms with E-state index in [4.69, 9.17) is 0 Å². The Kier molecular flexibility index (Phi) is 3.48. The third-order valence-corrected chi connectivity index (χ3v) is 6.79. The summed E-state index contributed by atoms with van der Waals surface area (Å²) in [5.41, 5.74) is 3.55. The van der Waals surface area contributed by atoms with Crippen LogP contribution in [0.2, 0.25) is 0 Å². The van der Waals surface area contributed by atoms with Gasteiger partial charge in [-0.15, -0.1) is 0 Å². The highest BCUT2D eigenvalue weighted by molar-refractivity contribution is 5.85. The molecular formula is C23H25NO. The van der Waals surface area contributed by atoms with Gasteiger partial charge in [0.2, 0.25) is 0 Å². The minimum absolute atomic E-state index is 0.327. The van der Waals surface area contributed by atoms with Crippen molar-refractivity contribution < 1.29 is 5.11 Å². The number of phenols is 1. The normalized spacial score (nSPS) is 33.2. The number of nitrogens with zero attached hydrogens (tertiary/aromatic N) is 1. The lowest BCUT2D eigenvalue weighted by Gasteiger charge is -2.57. The maximum absolute atomic E-state index is 10.3. The molecule has 4 aliphatic rings. The Bertz CT molecular complexity index is 773. The minimum atomic E-state index is 0.327. The molecule has 0 atom stereocenters. The van der Waals surface area contributed by atoms with E-state index < -0.39 is 0 Å². The Hall–Kier alpha value is -2.09. The van der Waals surface area contributed by atoms with E-state index in [9.17, 15) is 5.11 Å². The van der Waals surface area contributed by atoms with Crippen LogP contribution in [0.4, 0.5) is 5.69 Å². The van der Waals surface area contributed by atoms with Gasteiger partial charge in [-0.1, -0.05) is 24.3 Å². The molecule has 0 radical (unpaired) electrons. The summed E-state index contributed by atoms with van der Waals surface area (Å²) in [6, 6.07) is 16.2. The first kappa shape index (κ1) is 15.2. The van der Waals surface area contributed by atoms with Crippen LogP contribution in [0.15, 0.2) is 53.5 Å². The summed E-state index contributed by atoms with van der Waals surface area (Å²) >= 11 is 0. The number of para-hydroxylation sites is 1. The average molecular weight is 331 g/mol. The van der Waals surface area contributed by atoms with Crippen LogP contribution in [0.3, 0.4) is 0 Å². The van der Waals surface area contributed by atoms with E-state index >= 15 is 0 Å². The average Bonchev–Trinajstić information content (AvgIpc) is 2.60. The zero-order valence-corrected chi connectivity index (χ0v) is 14.6. The molecule has 0 aliphatic heterocycles. The van der Waals surface area contributed by atoms with E-state index in [2.05, 4.69) is 17.1 Å². The van der Waals surface area contributed by atoms with E-state index in [1.165, 1.54) is 44.1 Å². The first-order valence-electron chi connectivity index (χ1n) is 9.63. The fraction of sp³-hybridized carbons (Fsp3) is 0.435. The number of rotatable bonds is 3. The highest BCUT2D eigenvalue weighted by Gasteiger charge is 2.51. The molecule has 0 amide bonds. The monoisotopic (exact) mass is 331 g/mol. The van der Waals surface area contributed by atoms with Gasteiger partial charge in [-0.3, -0.25) is 4.99 Å². The summed E-state index contributed by atoms with van der Waals surface area (Å²) in [6.45, 7) is 0. The highest BCUT2D eigenvalue weighted by atomic mass is 16.3. The third-order valence-electron chi connectivity index (χ3n) is 6.79. The van der Waals surface area contributed by atoms with E-state index in [0.717, 1.165) is 29.0 Å². The van der Waals surface area contributed by atoms with Crippen molar-refractivity contribution in [2.45, 2.75) is 43.9 Å². The van der Waals surface area contributed by atoms with Gasteiger partial charge in [0, 0.05) is 11.8 Å². The maximum atomic E-state index is 10.3. The van der Waals surface area contributed by atoms with Crippen LogP contribution < -0.4 is 0 Å². The zero-order valence-electron chi connectivity index (χ0n) is 14.6. The number of hydrogen-bond donors (Lipinski definition) is 1. The van der Waals surface area contributed by atoms with Crippen LogP contribution in [0.25, 0.3) is 0 Å². The quantitative estimate of drug-likeness (QED) is 0.728. The van der Waals surface area contributed by atoms with Crippen LogP contribution in [0.1, 0.15) is 49.7 Å². The SMILES string of the molecule is Oc1ccc(C23CC4CC(CC(C4)C2)C3)cc1C=Nc1ccccc1. The number of phenolic OH excluding ortho intramolecular Hbond substituents is 1.